The lowest BCUT2D eigenvalue weighted by Crippen LogP contribution is -2.39. The normalized spacial score (nSPS) is 9.94. The monoisotopic (exact) mass is 237 g/mol. The molecule has 94 valence electrons. The molecule has 0 fully saturated rings. The number of carbonyl (C=O) groups excluding carboxylic acids is 1. The number of aryl methyl sites for hydroxylation is 1. The van der Waals surface area contributed by atoms with Crippen LogP contribution in [-0.2, 0) is 6.54 Å². The van der Waals surface area contributed by atoms with E-state index in [0.717, 1.165) is 28.0 Å². The van der Waals surface area contributed by atoms with E-state index < -0.39 is 6.03 Å². The number of carbonyl (C=O) groups is 1. The van der Waals surface area contributed by atoms with Gasteiger partial charge < -0.3 is 10.1 Å². The molecular formula is C12H19N3O2. The van der Waals surface area contributed by atoms with E-state index >= 15 is 0 Å². The maximum absolute atomic E-state index is 11.0. The van der Waals surface area contributed by atoms with Crippen molar-refractivity contribution >= 4 is 6.03 Å². The number of methoxy groups -OCH3 is 1. The van der Waals surface area contributed by atoms with Gasteiger partial charge in [0.15, 0.2) is 0 Å². The Morgan fingerprint density at radius 3 is 2.53 bits per heavy atom. The molecule has 1 rings (SSSR count). The summed E-state index contributed by atoms with van der Waals surface area (Å²) < 4.78 is 5.34. The quantitative estimate of drug-likeness (QED) is 0.421. The Labute approximate surface area is 101 Å². The summed E-state index contributed by atoms with van der Waals surface area (Å²) in [6.45, 7) is 6.45. The number of hydrogen-bond donors (Lipinski definition) is 3. The van der Waals surface area contributed by atoms with Gasteiger partial charge in [0.2, 0.25) is 0 Å². The molecule has 0 saturated carbocycles. The highest BCUT2D eigenvalue weighted by Gasteiger charge is 2.10. The zero-order chi connectivity index (χ0) is 13.0. The van der Waals surface area contributed by atoms with Gasteiger partial charge in [0.05, 0.1) is 7.11 Å². The van der Waals surface area contributed by atoms with E-state index in [4.69, 9.17) is 10.6 Å². The predicted molar refractivity (Wildman–Crippen MR) is 66.8 cm³/mol. The fourth-order valence-electron chi connectivity index (χ4n) is 1.87. The standard InChI is InChI=1S/C12H19N3O2/c1-7-5-10(6-14-12(16)15-13)8(2)9(3)11(7)17-4/h5H,6,13H2,1-4H3,(H2,14,15,16). The summed E-state index contributed by atoms with van der Waals surface area (Å²) >= 11 is 0. The van der Waals surface area contributed by atoms with Crippen molar-refractivity contribution in [2.75, 3.05) is 7.11 Å². The van der Waals surface area contributed by atoms with Gasteiger partial charge in [-0.3, -0.25) is 5.43 Å². The van der Waals surface area contributed by atoms with Crippen LogP contribution < -0.4 is 21.3 Å². The Kier molecular flexibility index (Phi) is 4.34. The molecule has 0 heterocycles. The number of urea groups is 1. The van der Waals surface area contributed by atoms with E-state index in [1.807, 2.05) is 32.3 Å². The van der Waals surface area contributed by atoms with Crippen LogP contribution in [0.2, 0.25) is 0 Å². The first kappa shape index (κ1) is 13.3. The molecule has 5 heteroatoms. The van der Waals surface area contributed by atoms with Gasteiger partial charge in [-0.25, -0.2) is 10.6 Å². The minimum absolute atomic E-state index is 0.393. The SMILES string of the molecule is COc1c(C)cc(CNC(=O)NN)c(C)c1C. The average molecular weight is 237 g/mol. The summed E-state index contributed by atoms with van der Waals surface area (Å²) in [5.41, 5.74) is 6.36. The van der Waals surface area contributed by atoms with Crippen molar-refractivity contribution in [2.24, 2.45) is 5.84 Å². The third-order valence-corrected chi connectivity index (χ3v) is 2.91. The fourth-order valence-corrected chi connectivity index (χ4v) is 1.87. The maximum Gasteiger partial charge on any atom is 0.329 e. The van der Waals surface area contributed by atoms with Crippen molar-refractivity contribution in [1.29, 1.82) is 0 Å². The number of hydrogen-bond acceptors (Lipinski definition) is 3. The van der Waals surface area contributed by atoms with E-state index in [-0.39, 0.29) is 0 Å². The topological polar surface area (TPSA) is 76.4 Å². The molecule has 1 aromatic rings. The van der Waals surface area contributed by atoms with Crippen LogP contribution >= 0.6 is 0 Å². The third-order valence-electron chi connectivity index (χ3n) is 2.91. The molecule has 0 bridgehead atoms. The molecule has 0 unspecified atom stereocenters. The first-order chi connectivity index (χ1) is 8.01. The van der Waals surface area contributed by atoms with Gasteiger partial charge in [-0.1, -0.05) is 6.07 Å². The van der Waals surface area contributed by atoms with Crippen LogP contribution in [0, 0.1) is 20.8 Å². The van der Waals surface area contributed by atoms with E-state index in [1.54, 1.807) is 7.11 Å². The summed E-state index contributed by atoms with van der Waals surface area (Å²) in [5.74, 6) is 5.90. The van der Waals surface area contributed by atoms with Gasteiger partial charge in [0.1, 0.15) is 5.75 Å². The molecule has 0 aromatic heterocycles. The van der Waals surface area contributed by atoms with Gasteiger partial charge in [0, 0.05) is 6.54 Å². The van der Waals surface area contributed by atoms with Gasteiger partial charge in [0.25, 0.3) is 0 Å². The van der Waals surface area contributed by atoms with E-state index in [0.29, 0.717) is 6.54 Å². The highest BCUT2D eigenvalue weighted by molar-refractivity contribution is 5.73. The molecule has 1 aromatic carbocycles. The lowest BCUT2D eigenvalue weighted by atomic mass is 9.98. The molecule has 0 spiro atoms. The zero-order valence-corrected chi connectivity index (χ0v) is 10.7. The van der Waals surface area contributed by atoms with Crippen molar-refractivity contribution in [1.82, 2.24) is 10.7 Å². The largest absolute Gasteiger partial charge is 0.496 e. The van der Waals surface area contributed by atoms with Crippen molar-refractivity contribution in [3.8, 4) is 5.75 Å². The minimum atomic E-state index is -0.393. The number of nitrogens with two attached hydrogens (primary N) is 1. The Balaban J connectivity index is 2.98. The zero-order valence-electron chi connectivity index (χ0n) is 10.7. The number of amides is 2. The van der Waals surface area contributed by atoms with E-state index in [9.17, 15) is 4.79 Å². The first-order valence-electron chi connectivity index (χ1n) is 5.39. The highest BCUT2D eigenvalue weighted by Crippen LogP contribution is 2.28. The molecule has 0 radical (unpaired) electrons. The summed E-state index contributed by atoms with van der Waals surface area (Å²) in [4.78, 5) is 11.0. The van der Waals surface area contributed by atoms with Gasteiger partial charge in [-0.2, -0.15) is 0 Å². The molecule has 0 aliphatic rings. The van der Waals surface area contributed by atoms with Gasteiger partial charge in [-0.05, 0) is 43.0 Å². The summed E-state index contributed by atoms with van der Waals surface area (Å²) in [6, 6.07) is 1.62. The molecule has 0 aliphatic heterocycles. The lowest BCUT2D eigenvalue weighted by Gasteiger charge is -2.16. The molecule has 2 amide bonds. The second kappa shape index (κ2) is 5.54. The fraction of sp³-hybridized carbons (Fsp3) is 0.417. The molecular weight excluding hydrogens is 218 g/mol. The number of rotatable bonds is 3. The van der Waals surface area contributed by atoms with Crippen LogP contribution in [0.15, 0.2) is 6.07 Å². The molecule has 5 nitrogen and oxygen atoms in total. The smallest absolute Gasteiger partial charge is 0.329 e. The van der Waals surface area contributed by atoms with Crippen LogP contribution in [0.3, 0.4) is 0 Å². The summed E-state index contributed by atoms with van der Waals surface area (Å²) in [5, 5.41) is 2.67. The predicted octanol–water partition coefficient (Wildman–Crippen LogP) is 1.29. The summed E-state index contributed by atoms with van der Waals surface area (Å²) in [6.07, 6.45) is 0. The van der Waals surface area contributed by atoms with Crippen molar-refractivity contribution < 1.29 is 9.53 Å². The summed E-state index contributed by atoms with van der Waals surface area (Å²) in [7, 11) is 1.66. The van der Waals surface area contributed by atoms with Crippen molar-refractivity contribution in [3.63, 3.8) is 0 Å². The maximum atomic E-state index is 11.0. The highest BCUT2D eigenvalue weighted by atomic mass is 16.5. The van der Waals surface area contributed by atoms with E-state index in [2.05, 4.69) is 5.32 Å². The second-order valence-electron chi connectivity index (χ2n) is 3.96. The van der Waals surface area contributed by atoms with Crippen molar-refractivity contribution in [3.05, 3.63) is 28.3 Å². The Hall–Kier alpha value is -1.75. The van der Waals surface area contributed by atoms with Gasteiger partial charge >= 0.3 is 6.03 Å². The van der Waals surface area contributed by atoms with Crippen LogP contribution in [0.5, 0.6) is 5.75 Å². The minimum Gasteiger partial charge on any atom is -0.496 e. The lowest BCUT2D eigenvalue weighted by molar-refractivity contribution is 0.240. The van der Waals surface area contributed by atoms with Gasteiger partial charge in [-0.15, -0.1) is 0 Å². The molecule has 0 atom stereocenters. The molecule has 0 aliphatic carbocycles. The number of hydrazine groups is 1. The molecule has 17 heavy (non-hydrogen) atoms. The third kappa shape index (κ3) is 2.88. The van der Waals surface area contributed by atoms with Crippen LogP contribution in [0.25, 0.3) is 0 Å². The Bertz CT molecular complexity index is 430. The Morgan fingerprint density at radius 1 is 1.35 bits per heavy atom. The number of ether oxygens (including phenoxy) is 1. The van der Waals surface area contributed by atoms with Crippen LogP contribution in [0.1, 0.15) is 22.3 Å². The van der Waals surface area contributed by atoms with Crippen LogP contribution in [-0.4, -0.2) is 13.1 Å². The Morgan fingerprint density at radius 2 is 2.00 bits per heavy atom. The molecule has 0 saturated heterocycles. The average Bonchev–Trinajstić information content (AvgIpc) is 2.32. The van der Waals surface area contributed by atoms with Crippen molar-refractivity contribution in [2.45, 2.75) is 27.3 Å². The first-order valence-corrected chi connectivity index (χ1v) is 5.39. The van der Waals surface area contributed by atoms with Crippen LogP contribution in [0.4, 0.5) is 4.79 Å². The van der Waals surface area contributed by atoms with E-state index in [1.165, 1.54) is 0 Å². The second-order valence-corrected chi connectivity index (χ2v) is 3.96. The molecule has 4 N–H and O–H groups in total. The number of nitrogens with one attached hydrogen (secondary N) is 2. The number of benzene rings is 1.